The van der Waals surface area contributed by atoms with Crippen LogP contribution in [0.15, 0.2) is 0 Å². The van der Waals surface area contributed by atoms with E-state index in [4.69, 9.17) is 4.74 Å². The third kappa shape index (κ3) is 2.26. The molecule has 2 nitrogen and oxygen atoms in total. The molecular formula is C15H26O2. The second-order valence-electron chi connectivity index (χ2n) is 6.67. The van der Waals surface area contributed by atoms with E-state index in [0.29, 0.717) is 17.9 Å². The maximum Gasteiger partial charge on any atom is 0.0687 e. The zero-order valence-corrected chi connectivity index (χ0v) is 11.0. The first-order chi connectivity index (χ1) is 8.19. The average molecular weight is 238 g/mol. The number of aliphatic hydroxyl groups is 1. The third-order valence-electron chi connectivity index (χ3n) is 5.60. The zero-order valence-electron chi connectivity index (χ0n) is 11.0. The van der Waals surface area contributed by atoms with Gasteiger partial charge in [-0.3, -0.25) is 0 Å². The van der Waals surface area contributed by atoms with Crippen molar-refractivity contribution in [3.05, 3.63) is 0 Å². The number of ether oxygens (including phenoxy) is 1. The van der Waals surface area contributed by atoms with Crippen LogP contribution < -0.4 is 0 Å². The first kappa shape index (κ1) is 12.0. The van der Waals surface area contributed by atoms with Crippen LogP contribution in [0.1, 0.15) is 64.7 Å². The van der Waals surface area contributed by atoms with E-state index >= 15 is 0 Å². The Balaban J connectivity index is 1.54. The molecule has 98 valence electrons. The Bertz CT molecular complexity index is 270. The lowest BCUT2D eigenvalue weighted by atomic mass is 9.90. The van der Waals surface area contributed by atoms with Crippen LogP contribution in [-0.2, 0) is 4.74 Å². The number of hydrogen-bond acceptors (Lipinski definition) is 2. The quantitative estimate of drug-likeness (QED) is 0.800. The van der Waals surface area contributed by atoms with E-state index in [1.807, 2.05) is 0 Å². The fourth-order valence-electron chi connectivity index (χ4n) is 4.34. The summed E-state index contributed by atoms with van der Waals surface area (Å²) >= 11 is 0. The van der Waals surface area contributed by atoms with E-state index in [-0.39, 0.29) is 11.7 Å². The van der Waals surface area contributed by atoms with Crippen LogP contribution in [0.5, 0.6) is 0 Å². The summed E-state index contributed by atoms with van der Waals surface area (Å²) in [5.41, 5.74) is 0.283. The first-order valence-corrected chi connectivity index (χ1v) is 7.54. The van der Waals surface area contributed by atoms with Crippen LogP contribution in [-0.4, -0.2) is 22.9 Å². The zero-order chi connectivity index (χ0) is 11.9. The van der Waals surface area contributed by atoms with Gasteiger partial charge < -0.3 is 9.84 Å². The van der Waals surface area contributed by atoms with E-state index < -0.39 is 0 Å². The summed E-state index contributed by atoms with van der Waals surface area (Å²) in [4.78, 5) is 0. The van der Waals surface area contributed by atoms with Gasteiger partial charge in [-0.15, -0.1) is 0 Å². The Morgan fingerprint density at radius 1 is 1.12 bits per heavy atom. The van der Waals surface area contributed by atoms with Gasteiger partial charge in [0.1, 0.15) is 0 Å². The summed E-state index contributed by atoms with van der Waals surface area (Å²) in [5.74, 6) is 1.19. The second-order valence-corrected chi connectivity index (χ2v) is 6.67. The van der Waals surface area contributed by atoms with Crippen molar-refractivity contribution >= 4 is 0 Å². The molecule has 4 unspecified atom stereocenters. The highest BCUT2D eigenvalue weighted by atomic mass is 16.5. The SMILES string of the molecule is CC1C(O)CCC1CC1CCC2(CCCC2)O1. The van der Waals surface area contributed by atoms with Crippen molar-refractivity contribution in [1.82, 2.24) is 0 Å². The molecule has 0 aromatic heterocycles. The van der Waals surface area contributed by atoms with Crippen molar-refractivity contribution in [1.29, 1.82) is 0 Å². The van der Waals surface area contributed by atoms with Crippen LogP contribution in [0.25, 0.3) is 0 Å². The highest BCUT2D eigenvalue weighted by Gasteiger charge is 2.43. The molecule has 3 rings (SSSR count). The highest BCUT2D eigenvalue weighted by Crippen LogP contribution is 2.46. The predicted octanol–water partition coefficient (Wildman–Crippen LogP) is 3.28. The van der Waals surface area contributed by atoms with Gasteiger partial charge in [0.15, 0.2) is 0 Å². The topological polar surface area (TPSA) is 29.5 Å². The minimum Gasteiger partial charge on any atom is -0.393 e. The van der Waals surface area contributed by atoms with E-state index in [2.05, 4.69) is 6.92 Å². The van der Waals surface area contributed by atoms with Crippen LogP contribution in [0.4, 0.5) is 0 Å². The molecule has 1 N–H and O–H groups in total. The average Bonchev–Trinajstić information content (AvgIpc) is 3.00. The maximum absolute atomic E-state index is 9.81. The molecule has 0 amide bonds. The Morgan fingerprint density at radius 2 is 1.88 bits per heavy atom. The molecule has 2 saturated carbocycles. The lowest BCUT2D eigenvalue weighted by molar-refractivity contribution is -0.0467. The lowest BCUT2D eigenvalue weighted by Crippen LogP contribution is -2.26. The van der Waals surface area contributed by atoms with Gasteiger partial charge in [-0.05, 0) is 56.8 Å². The molecule has 3 aliphatic rings. The molecular weight excluding hydrogens is 212 g/mol. The highest BCUT2D eigenvalue weighted by molar-refractivity contribution is 4.94. The van der Waals surface area contributed by atoms with Crippen LogP contribution in [0, 0.1) is 11.8 Å². The number of hydrogen-bond donors (Lipinski definition) is 1. The number of rotatable bonds is 2. The van der Waals surface area contributed by atoms with Crippen molar-refractivity contribution in [2.75, 3.05) is 0 Å². The van der Waals surface area contributed by atoms with Gasteiger partial charge in [0.2, 0.25) is 0 Å². The molecule has 0 radical (unpaired) electrons. The van der Waals surface area contributed by atoms with Crippen LogP contribution in [0.2, 0.25) is 0 Å². The van der Waals surface area contributed by atoms with Crippen molar-refractivity contribution in [3.63, 3.8) is 0 Å². The third-order valence-corrected chi connectivity index (χ3v) is 5.60. The van der Waals surface area contributed by atoms with Crippen molar-refractivity contribution in [3.8, 4) is 0 Å². The molecule has 0 aromatic carbocycles. The molecule has 1 heterocycles. The fraction of sp³-hybridized carbons (Fsp3) is 1.00. The summed E-state index contributed by atoms with van der Waals surface area (Å²) in [5, 5.41) is 9.81. The summed E-state index contributed by atoms with van der Waals surface area (Å²) in [7, 11) is 0. The monoisotopic (exact) mass is 238 g/mol. The Labute approximate surface area is 105 Å². The van der Waals surface area contributed by atoms with Gasteiger partial charge in [-0.2, -0.15) is 0 Å². The normalized spacial score (nSPS) is 44.8. The van der Waals surface area contributed by atoms with Crippen LogP contribution in [0.3, 0.4) is 0 Å². The Kier molecular flexibility index (Phi) is 3.20. The molecule has 2 heteroatoms. The largest absolute Gasteiger partial charge is 0.393 e. The maximum atomic E-state index is 9.81. The molecule has 1 saturated heterocycles. The summed E-state index contributed by atoms with van der Waals surface area (Å²) in [6.45, 7) is 2.21. The van der Waals surface area contributed by atoms with E-state index in [1.54, 1.807) is 0 Å². The lowest BCUT2D eigenvalue weighted by Gasteiger charge is -2.26. The van der Waals surface area contributed by atoms with Gasteiger partial charge >= 0.3 is 0 Å². The van der Waals surface area contributed by atoms with E-state index in [0.717, 1.165) is 6.42 Å². The number of aliphatic hydroxyl groups excluding tert-OH is 1. The van der Waals surface area contributed by atoms with Crippen LogP contribution >= 0.6 is 0 Å². The smallest absolute Gasteiger partial charge is 0.0687 e. The molecule has 17 heavy (non-hydrogen) atoms. The van der Waals surface area contributed by atoms with Gasteiger partial charge in [0, 0.05) is 0 Å². The Morgan fingerprint density at radius 3 is 2.53 bits per heavy atom. The second kappa shape index (κ2) is 4.55. The van der Waals surface area contributed by atoms with Crippen molar-refractivity contribution < 1.29 is 9.84 Å². The summed E-state index contributed by atoms with van der Waals surface area (Å²) in [6.07, 6.45) is 11.7. The molecule has 0 aromatic rings. The van der Waals surface area contributed by atoms with Crippen molar-refractivity contribution in [2.24, 2.45) is 11.8 Å². The van der Waals surface area contributed by atoms with E-state index in [9.17, 15) is 5.11 Å². The minimum atomic E-state index is -0.0538. The van der Waals surface area contributed by atoms with Gasteiger partial charge in [-0.1, -0.05) is 19.8 Å². The summed E-state index contributed by atoms with van der Waals surface area (Å²) < 4.78 is 6.37. The minimum absolute atomic E-state index is 0.0538. The molecule has 4 atom stereocenters. The molecule has 1 spiro atoms. The van der Waals surface area contributed by atoms with Gasteiger partial charge in [0.25, 0.3) is 0 Å². The first-order valence-electron chi connectivity index (χ1n) is 7.54. The standard InChI is InChI=1S/C15H26O2/c1-11-12(4-5-14(11)16)10-13-6-9-15(17-13)7-2-3-8-15/h11-14,16H,2-10H2,1H3. The summed E-state index contributed by atoms with van der Waals surface area (Å²) in [6, 6.07) is 0. The Hall–Kier alpha value is -0.0800. The van der Waals surface area contributed by atoms with E-state index in [1.165, 1.54) is 51.4 Å². The van der Waals surface area contributed by atoms with Gasteiger partial charge in [-0.25, -0.2) is 0 Å². The molecule has 0 bridgehead atoms. The predicted molar refractivity (Wildman–Crippen MR) is 67.8 cm³/mol. The van der Waals surface area contributed by atoms with Crippen molar-refractivity contribution in [2.45, 2.75) is 82.5 Å². The molecule has 2 aliphatic carbocycles. The molecule has 3 fully saturated rings. The fourth-order valence-corrected chi connectivity index (χ4v) is 4.34. The molecule has 1 aliphatic heterocycles. The van der Waals surface area contributed by atoms with Gasteiger partial charge in [0.05, 0.1) is 17.8 Å².